The Kier molecular flexibility index (Phi) is 4.36. The molecule has 3 aromatic carbocycles. The second kappa shape index (κ2) is 6.81. The van der Waals surface area contributed by atoms with Gasteiger partial charge in [0, 0.05) is 16.0 Å². The lowest BCUT2D eigenvalue weighted by Gasteiger charge is -2.11. The number of methoxy groups -OCH3 is 1. The molecule has 26 heavy (non-hydrogen) atoms. The van der Waals surface area contributed by atoms with Gasteiger partial charge in [0.2, 0.25) is 0 Å². The number of hydrogen-bond donors (Lipinski definition) is 0. The van der Waals surface area contributed by atoms with E-state index in [1.807, 2.05) is 30.3 Å². The Balaban J connectivity index is 1.95. The summed E-state index contributed by atoms with van der Waals surface area (Å²) in [6.45, 7) is 2.09. The first-order valence-electron chi connectivity index (χ1n) is 8.46. The van der Waals surface area contributed by atoms with Crippen molar-refractivity contribution in [3.8, 4) is 28.1 Å². The molecule has 0 atom stereocenters. The Labute approximate surface area is 158 Å². The molecule has 0 aliphatic heterocycles. The number of ether oxygens (including phenoxy) is 1. The van der Waals surface area contributed by atoms with E-state index in [2.05, 4.69) is 49.4 Å². The molecule has 0 aliphatic rings. The summed E-state index contributed by atoms with van der Waals surface area (Å²) in [5.74, 6) is 0.837. The lowest BCUT2D eigenvalue weighted by Crippen LogP contribution is -1.91. The van der Waals surface area contributed by atoms with E-state index in [-0.39, 0.29) is 0 Å². The van der Waals surface area contributed by atoms with E-state index in [1.165, 1.54) is 5.56 Å². The molecule has 1 heterocycles. The van der Waals surface area contributed by atoms with Crippen LogP contribution in [-0.2, 0) is 0 Å². The van der Waals surface area contributed by atoms with Crippen molar-refractivity contribution in [2.75, 3.05) is 7.11 Å². The fraction of sp³-hybridized carbons (Fsp3) is 0.0870. The average molecular weight is 360 g/mol. The molecule has 3 heteroatoms. The highest BCUT2D eigenvalue weighted by molar-refractivity contribution is 6.31. The van der Waals surface area contributed by atoms with Crippen LogP contribution in [0.4, 0.5) is 0 Å². The molecule has 1 aromatic heterocycles. The van der Waals surface area contributed by atoms with Crippen LogP contribution >= 0.6 is 11.6 Å². The topological polar surface area (TPSA) is 22.1 Å². The highest BCUT2D eigenvalue weighted by Crippen LogP contribution is 2.34. The van der Waals surface area contributed by atoms with Crippen LogP contribution < -0.4 is 4.74 Å². The van der Waals surface area contributed by atoms with Crippen LogP contribution in [0.5, 0.6) is 5.75 Å². The molecule has 0 amide bonds. The maximum atomic E-state index is 6.25. The van der Waals surface area contributed by atoms with Crippen LogP contribution in [0.2, 0.25) is 5.02 Å². The Morgan fingerprint density at radius 1 is 0.808 bits per heavy atom. The van der Waals surface area contributed by atoms with Crippen LogP contribution in [-0.4, -0.2) is 12.1 Å². The summed E-state index contributed by atoms with van der Waals surface area (Å²) in [6.07, 6.45) is 0. The zero-order valence-electron chi connectivity index (χ0n) is 14.7. The summed E-state index contributed by atoms with van der Waals surface area (Å²) in [5.41, 5.74) is 6.42. The van der Waals surface area contributed by atoms with E-state index in [9.17, 15) is 0 Å². The summed E-state index contributed by atoms with van der Waals surface area (Å²) < 4.78 is 5.28. The summed E-state index contributed by atoms with van der Waals surface area (Å²) in [7, 11) is 1.67. The lowest BCUT2D eigenvalue weighted by atomic mass is 9.98. The SMILES string of the molecule is COc1ccc(-c2cc(-c3ccc(C)cc3)nc3ccc(Cl)cc23)cc1. The number of fused-ring (bicyclic) bond motifs is 1. The molecule has 0 unspecified atom stereocenters. The van der Waals surface area contributed by atoms with E-state index >= 15 is 0 Å². The molecule has 0 saturated heterocycles. The third-order valence-corrected chi connectivity index (χ3v) is 4.75. The quantitative estimate of drug-likeness (QED) is 0.414. The van der Waals surface area contributed by atoms with Crippen LogP contribution in [0.1, 0.15) is 5.56 Å². The second-order valence-corrected chi connectivity index (χ2v) is 6.75. The van der Waals surface area contributed by atoms with Crippen LogP contribution in [0.15, 0.2) is 72.8 Å². The number of hydrogen-bond acceptors (Lipinski definition) is 2. The second-order valence-electron chi connectivity index (χ2n) is 6.31. The van der Waals surface area contributed by atoms with Gasteiger partial charge in [-0.05, 0) is 54.4 Å². The fourth-order valence-corrected chi connectivity index (χ4v) is 3.25. The van der Waals surface area contributed by atoms with Crippen molar-refractivity contribution < 1.29 is 4.74 Å². The van der Waals surface area contributed by atoms with E-state index < -0.39 is 0 Å². The fourth-order valence-electron chi connectivity index (χ4n) is 3.08. The predicted molar refractivity (Wildman–Crippen MR) is 109 cm³/mol. The van der Waals surface area contributed by atoms with Gasteiger partial charge in [-0.25, -0.2) is 4.98 Å². The third-order valence-electron chi connectivity index (χ3n) is 4.52. The largest absolute Gasteiger partial charge is 0.497 e. The third kappa shape index (κ3) is 3.16. The monoisotopic (exact) mass is 359 g/mol. The van der Waals surface area contributed by atoms with Crippen molar-refractivity contribution in [3.05, 3.63) is 83.4 Å². The van der Waals surface area contributed by atoms with Crippen molar-refractivity contribution in [1.29, 1.82) is 0 Å². The van der Waals surface area contributed by atoms with E-state index in [0.29, 0.717) is 5.02 Å². The Morgan fingerprint density at radius 2 is 1.50 bits per heavy atom. The van der Waals surface area contributed by atoms with Gasteiger partial charge < -0.3 is 4.74 Å². The molecule has 0 fully saturated rings. The van der Waals surface area contributed by atoms with E-state index in [1.54, 1.807) is 7.11 Å². The summed E-state index contributed by atoms with van der Waals surface area (Å²) in [4.78, 5) is 4.85. The molecule has 128 valence electrons. The van der Waals surface area contributed by atoms with Gasteiger partial charge in [0.25, 0.3) is 0 Å². The Hall–Kier alpha value is -2.84. The van der Waals surface area contributed by atoms with Crippen LogP contribution in [0, 0.1) is 6.92 Å². The van der Waals surface area contributed by atoms with Gasteiger partial charge in [0.1, 0.15) is 5.75 Å². The first kappa shape index (κ1) is 16.6. The Bertz CT molecular complexity index is 1070. The lowest BCUT2D eigenvalue weighted by molar-refractivity contribution is 0.415. The van der Waals surface area contributed by atoms with E-state index in [4.69, 9.17) is 21.3 Å². The standard InChI is InChI=1S/C23H18ClNO/c1-15-3-5-17(6-4-15)23-14-20(16-7-10-19(26-2)11-8-16)21-13-18(24)9-12-22(21)25-23/h3-14H,1-2H3. The Morgan fingerprint density at radius 3 is 2.19 bits per heavy atom. The predicted octanol–water partition coefficient (Wildman–Crippen LogP) is 6.54. The number of aryl methyl sites for hydroxylation is 1. The molecule has 4 rings (SSSR count). The minimum Gasteiger partial charge on any atom is -0.497 e. The van der Waals surface area contributed by atoms with Gasteiger partial charge in [0.15, 0.2) is 0 Å². The zero-order valence-corrected chi connectivity index (χ0v) is 15.4. The van der Waals surface area contributed by atoms with Crippen LogP contribution in [0.25, 0.3) is 33.3 Å². The normalized spacial score (nSPS) is 10.9. The number of halogens is 1. The van der Waals surface area contributed by atoms with Gasteiger partial charge in [-0.1, -0.05) is 53.6 Å². The van der Waals surface area contributed by atoms with Crippen molar-refractivity contribution in [2.45, 2.75) is 6.92 Å². The molecule has 0 radical (unpaired) electrons. The highest BCUT2D eigenvalue weighted by Gasteiger charge is 2.10. The smallest absolute Gasteiger partial charge is 0.118 e. The molecule has 4 aromatic rings. The maximum absolute atomic E-state index is 6.25. The van der Waals surface area contributed by atoms with Gasteiger partial charge in [-0.3, -0.25) is 0 Å². The van der Waals surface area contributed by atoms with Crippen molar-refractivity contribution in [1.82, 2.24) is 4.98 Å². The molecular weight excluding hydrogens is 342 g/mol. The molecule has 0 aliphatic carbocycles. The average Bonchev–Trinajstić information content (AvgIpc) is 2.68. The summed E-state index contributed by atoms with van der Waals surface area (Å²) >= 11 is 6.25. The first-order chi connectivity index (χ1) is 12.6. The van der Waals surface area contributed by atoms with Crippen molar-refractivity contribution in [3.63, 3.8) is 0 Å². The summed E-state index contributed by atoms with van der Waals surface area (Å²) in [5, 5.41) is 1.75. The van der Waals surface area contributed by atoms with Crippen molar-refractivity contribution in [2.24, 2.45) is 0 Å². The van der Waals surface area contributed by atoms with Crippen molar-refractivity contribution >= 4 is 22.5 Å². The van der Waals surface area contributed by atoms with Gasteiger partial charge in [-0.15, -0.1) is 0 Å². The summed E-state index contributed by atoms with van der Waals surface area (Å²) in [6, 6.07) is 24.5. The zero-order chi connectivity index (χ0) is 18.1. The first-order valence-corrected chi connectivity index (χ1v) is 8.83. The molecular formula is C23H18ClNO. The number of rotatable bonds is 3. The molecule has 0 spiro atoms. The number of aromatic nitrogens is 1. The molecule has 0 N–H and O–H groups in total. The number of pyridine rings is 1. The van der Waals surface area contributed by atoms with Gasteiger partial charge in [0.05, 0.1) is 18.3 Å². The number of nitrogens with zero attached hydrogens (tertiary/aromatic N) is 1. The van der Waals surface area contributed by atoms with E-state index in [0.717, 1.165) is 39.0 Å². The van der Waals surface area contributed by atoms with Gasteiger partial charge >= 0.3 is 0 Å². The molecule has 0 saturated carbocycles. The van der Waals surface area contributed by atoms with Crippen LogP contribution in [0.3, 0.4) is 0 Å². The molecule has 0 bridgehead atoms. The number of benzene rings is 3. The minimum absolute atomic E-state index is 0.706. The van der Waals surface area contributed by atoms with Gasteiger partial charge in [-0.2, -0.15) is 0 Å². The minimum atomic E-state index is 0.706. The highest BCUT2D eigenvalue weighted by atomic mass is 35.5. The molecule has 2 nitrogen and oxygen atoms in total. The maximum Gasteiger partial charge on any atom is 0.118 e.